The van der Waals surface area contributed by atoms with Crippen molar-refractivity contribution in [3.63, 3.8) is 0 Å². The first-order chi connectivity index (χ1) is 8.13. The van der Waals surface area contributed by atoms with Crippen LogP contribution in [0.3, 0.4) is 0 Å². The largest absolute Gasteiger partial charge is 0.399 e. The molecule has 1 rings (SSSR count). The van der Waals surface area contributed by atoms with Crippen LogP contribution < -0.4 is 5.73 Å². The number of aliphatic hydroxyl groups is 2. The van der Waals surface area contributed by atoms with Gasteiger partial charge in [0.1, 0.15) is 0 Å². The van der Waals surface area contributed by atoms with E-state index in [1.165, 1.54) is 10.5 Å². The number of carbonyl (C=O) groups is 1. The number of nitrogens with zero attached hydrogens (tertiary/aromatic N) is 1. The molecule has 0 aliphatic rings. The van der Waals surface area contributed by atoms with Crippen molar-refractivity contribution in [2.75, 3.05) is 32.0 Å². The molecule has 0 atom stereocenters. The van der Waals surface area contributed by atoms with E-state index in [1.54, 1.807) is 0 Å². The summed E-state index contributed by atoms with van der Waals surface area (Å²) in [6, 6.07) is 7.79. The molecule has 1 amide bonds. The minimum Gasteiger partial charge on any atom is -0.399 e. The fourth-order valence-corrected chi connectivity index (χ4v) is 1.04. The third-order valence-corrected chi connectivity index (χ3v) is 2.00. The monoisotopic (exact) mass is 240 g/mol. The summed E-state index contributed by atoms with van der Waals surface area (Å²) in [5.41, 5.74) is 7.51. The number of carbonyl (C=O) groups excluding carboxylic acids is 1. The highest BCUT2D eigenvalue weighted by molar-refractivity contribution is 5.46. The lowest BCUT2D eigenvalue weighted by Crippen LogP contribution is -2.28. The molecule has 17 heavy (non-hydrogen) atoms. The van der Waals surface area contributed by atoms with Gasteiger partial charge in [0.15, 0.2) is 0 Å². The van der Waals surface area contributed by atoms with E-state index < -0.39 is 0 Å². The van der Waals surface area contributed by atoms with Crippen molar-refractivity contribution in [2.24, 2.45) is 0 Å². The van der Waals surface area contributed by atoms with Crippen LogP contribution in [0, 0.1) is 6.92 Å². The van der Waals surface area contributed by atoms with Crippen molar-refractivity contribution in [2.45, 2.75) is 6.92 Å². The van der Waals surface area contributed by atoms with E-state index in [-0.39, 0.29) is 13.2 Å². The van der Waals surface area contributed by atoms with E-state index in [0.717, 1.165) is 5.69 Å². The fourth-order valence-electron chi connectivity index (χ4n) is 1.04. The van der Waals surface area contributed by atoms with Crippen LogP contribution >= 0.6 is 0 Å². The number of nitrogens with two attached hydrogens (primary N) is 1. The maximum atomic E-state index is 9.99. The Morgan fingerprint density at radius 3 is 1.94 bits per heavy atom. The van der Waals surface area contributed by atoms with E-state index >= 15 is 0 Å². The van der Waals surface area contributed by atoms with Gasteiger partial charge < -0.3 is 20.8 Å². The second kappa shape index (κ2) is 9.62. The topological polar surface area (TPSA) is 86.8 Å². The van der Waals surface area contributed by atoms with E-state index in [2.05, 4.69) is 0 Å². The lowest BCUT2D eigenvalue weighted by molar-refractivity contribution is -0.119. The Balaban J connectivity index is 0.000000302. The van der Waals surface area contributed by atoms with Gasteiger partial charge in [0.2, 0.25) is 6.41 Å². The van der Waals surface area contributed by atoms with Crippen LogP contribution in [0.2, 0.25) is 0 Å². The molecule has 1 aromatic carbocycles. The predicted molar refractivity (Wildman–Crippen MR) is 67.4 cm³/mol. The van der Waals surface area contributed by atoms with Crippen molar-refractivity contribution >= 4 is 12.1 Å². The molecule has 5 nitrogen and oxygen atoms in total. The van der Waals surface area contributed by atoms with Crippen LogP contribution in [0.5, 0.6) is 0 Å². The first-order valence-corrected chi connectivity index (χ1v) is 5.37. The van der Waals surface area contributed by atoms with Crippen LogP contribution in [0.1, 0.15) is 5.56 Å². The molecule has 4 N–H and O–H groups in total. The van der Waals surface area contributed by atoms with Crippen LogP contribution in [0.25, 0.3) is 0 Å². The summed E-state index contributed by atoms with van der Waals surface area (Å²) in [7, 11) is 0. The number of hydrogen-bond acceptors (Lipinski definition) is 4. The van der Waals surface area contributed by atoms with Crippen molar-refractivity contribution in [1.82, 2.24) is 4.90 Å². The predicted octanol–water partition coefficient (Wildman–Crippen LogP) is 0.00662. The summed E-state index contributed by atoms with van der Waals surface area (Å²) >= 11 is 0. The summed E-state index contributed by atoms with van der Waals surface area (Å²) in [5.74, 6) is 0. The van der Waals surface area contributed by atoms with Gasteiger partial charge in [0.05, 0.1) is 13.2 Å². The summed E-state index contributed by atoms with van der Waals surface area (Å²) in [4.78, 5) is 11.3. The molecule has 0 fully saturated rings. The Kier molecular flexibility index (Phi) is 8.72. The third-order valence-electron chi connectivity index (χ3n) is 2.00. The van der Waals surface area contributed by atoms with Gasteiger partial charge in [-0.2, -0.15) is 0 Å². The Morgan fingerprint density at radius 1 is 1.18 bits per heavy atom. The summed E-state index contributed by atoms with van der Waals surface area (Å²) in [6.45, 7) is 2.52. The summed E-state index contributed by atoms with van der Waals surface area (Å²) in [6.07, 6.45) is 0.604. The standard InChI is InChI=1S/C7H9N.C5H11NO3/c1-6-2-4-7(8)5-3-6;7-3-1-6(5-9)2-4-8/h2-5H,8H2,1H3;5,7-8H,1-4H2. The number of rotatable bonds is 5. The molecule has 0 aromatic heterocycles. The lowest BCUT2D eigenvalue weighted by atomic mass is 10.2. The maximum Gasteiger partial charge on any atom is 0.209 e. The second-order valence-corrected chi connectivity index (χ2v) is 3.50. The second-order valence-electron chi connectivity index (χ2n) is 3.50. The average Bonchev–Trinajstić information content (AvgIpc) is 2.33. The summed E-state index contributed by atoms with van der Waals surface area (Å²) in [5, 5.41) is 16.6. The van der Waals surface area contributed by atoms with Crippen LogP contribution in [-0.4, -0.2) is 47.8 Å². The Hall–Kier alpha value is -1.59. The molecule has 96 valence electrons. The number of aliphatic hydroxyl groups excluding tert-OH is 2. The smallest absolute Gasteiger partial charge is 0.209 e. The number of aryl methyl sites for hydroxylation is 1. The number of nitrogen functional groups attached to an aromatic ring is 1. The lowest BCUT2D eigenvalue weighted by Gasteiger charge is -2.12. The van der Waals surface area contributed by atoms with Crippen LogP contribution in [0.4, 0.5) is 5.69 Å². The highest BCUT2D eigenvalue weighted by Gasteiger charge is 1.96. The first kappa shape index (κ1) is 15.4. The Labute approximate surface area is 101 Å². The molecule has 1 aromatic rings. The van der Waals surface area contributed by atoms with Gasteiger partial charge in [-0.25, -0.2) is 0 Å². The van der Waals surface area contributed by atoms with Gasteiger partial charge >= 0.3 is 0 Å². The third kappa shape index (κ3) is 8.24. The van der Waals surface area contributed by atoms with Crippen molar-refractivity contribution in [3.05, 3.63) is 29.8 Å². The van der Waals surface area contributed by atoms with Gasteiger partial charge in [0, 0.05) is 18.8 Å². The molecular formula is C12H20N2O3. The zero-order valence-corrected chi connectivity index (χ0v) is 10.0. The first-order valence-electron chi connectivity index (χ1n) is 5.37. The number of anilines is 1. The zero-order chi connectivity index (χ0) is 13.1. The Bertz CT molecular complexity index is 274. The highest BCUT2D eigenvalue weighted by atomic mass is 16.3. The molecule has 0 aliphatic carbocycles. The average molecular weight is 240 g/mol. The van der Waals surface area contributed by atoms with Gasteiger partial charge in [-0.05, 0) is 19.1 Å². The number of benzene rings is 1. The fraction of sp³-hybridized carbons (Fsp3) is 0.417. The molecule has 0 radical (unpaired) electrons. The van der Waals surface area contributed by atoms with Gasteiger partial charge in [-0.3, -0.25) is 4.79 Å². The molecule has 0 heterocycles. The number of amides is 1. The number of hydrogen-bond donors (Lipinski definition) is 3. The van der Waals surface area contributed by atoms with E-state index in [4.69, 9.17) is 15.9 Å². The van der Waals surface area contributed by atoms with E-state index in [0.29, 0.717) is 19.5 Å². The molecule has 0 saturated heterocycles. The van der Waals surface area contributed by atoms with E-state index in [1.807, 2.05) is 31.2 Å². The quantitative estimate of drug-likeness (QED) is 0.499. The molecule has 0 unspecified atom stereocenters. The van der Waals surface area contributed by atoms with Crippen molar-refractivity contribution < 1.29 is 15.0 Å². The van der Waals surface area contributed by atoms with Gasteiger partial charge in [-0.1, -0.05) is 17.7 Å². The van der Waals surface area contributed by atoms with Crippen LogP contribution in [0.15, 0.2) is 24.3 Å². The maximum absolute atomic E-state index is 9.99. The molecule has 0 bridgehead atoms. The molecule has 5 heteroatoms. The van der Waals surface area contributed by atoms with Gasteiger partial charge in [-0.15, -0.1) is 0 Å². The van der Waals surface area contributed by atoms with Crippen molar-refractivity contribution in [3.8, 4) is 0 Å². The van der Waals surface area contributed by atoms with Gasteiger partial charge in [0.25, 0.3) is 0 Å². The minimum absolute atomic E-state index is 0.0568. The van der Waals surface area contributed by atoms with Crippen LogP contribution in [-0.2, 0) is 4.79 Å². The Morgan fingerprint density at radius 2 is 1.65 bits per heavy atom. The molecular weight excluding hydrogens is 220 g/mol. The molecule has 0 spiro atoms. The highest BCUT2D eigenvalue weighted by Crippen LogP contribution is 2.02. The minimum atomic E-state index is -0.0568. The molecule has 0 aliphatic heterocycles. The normalized spacial score (nSPS) is 9.12. The molecule has 0 saturated carbocycles. The SMILES string of the molecule is Cc1ccc(N)cc1.O=CN(CCO)CCO. The van der Waals surface area contributed by atoms with E-state index in [9.17, 15) is 4.79 Å². The van der Waals surface area contributed by atoms with Crippen molar-refractivity contribution in [1.29, 1.82) is 0 Å². The zero-order valence-electron chi connectivity index (χ0n) is 10.0. The summed E-state index contributed by atoms with van der Waals surface area (Å²) < 4.78 is 0.